The fourth-order valence-corrected chi connectivity index (χ4v) is 1.63. The third kappa shape index (κ3) is 4.67. The molecule has 0 aliphatic rings. The summed E-state index contributed by atoms with van der Waals surface area (Å²) in [5.41, 5.74) is 1.37. The second-order valence-corrected chi connectivity index (χ2v) is 4.26. The monoisotopic (exact) mass is 271 g/mol. The van der Waals surface area contributed by atoms with Crippen molar-refractivity contribution in [2.45, 2.75) is 26.7 Å². The Morgan fingerprint density at radius 3 is 2.80 bits per heavy atom. The van der Waals surface area contributed by atoms with Crippen LogP contribution in [0.5, 0.6) is 0 Å². The second-order valence-electron chi connectivity index (χ2n) is 3.47. The summed E-state index contributed by atoms with van der Waals surface area (Å²) in [4.78, 5) is 0. The van der Waals surface area contributed by atoms with E-state index in [1.165, 1.54) is 12.0 Å². The van der Waals surface area contributed by atoms with Gasteiger partial charge in [0, 0.05) is 6.54 Å². The van der Waals surface area contributed by atoms with Gasteiger partial charge in [-0.3, -0.25) is 0 Å². The van der Waals surface area contributed by atoms with Gasteiger partial charge in [-0.2, -0.15) is 0 Å². The highest BCUT2D eigenvalue weighted by Crippen LogP contribution is 2.17. The first-order valence-electron chi connectivity index (χ1n) is 5.41. The molecule has 0 amide bonds. The zero-order chi connectivity index (χ0) is 11.1. The number of halogens is 1. The fourth-order valence-electron chi connectivity index (χ4n) is 1.31. The van der Waals surface area contributed by atoms with Crippen LogP contribution in [-0.2, 0) is 0 Å². The van der Waals surface area contributed by atoms with Crippen LogP contribution in [0.3, 0.4) is 0 Å². The van der Waals surface area contributed by atoms with E-state index in [0.29, 0.717) is 0 Å². The van der Waals surface area contributed by atoms with Gasteiger partial charge in [0.05, 0.1) is 0 Å². The van der Waals surface area contributed by atoms with Crippen LogP contribution in [0.2, 0.25) is 0 Å². The molecule has 1 N–H and O–H groups in total. The number of furan rings is 1. The minimum Gasteiger partial charge on any atom is -0.450 e. The maximum atomic E-state index is 5.43. The maximum Gasteiger partial charge on any atom is 0.169 e. The second kappa shape index (κ2) is 6.85. The van der Waals surface area contributed by atoms with Crippen LogP contribution in [0.4, 0.5) is 0 Å². The third-order valence-corrected chi connectivity index (χ3v) is 2.60. The summed E-state index contributed by atoms with van der Waals surface area (Å²) >= 11 is 3.30. The molecule has 1 aromatic heterocycles. The van der Waals surface area contributed by atoms with E-state index in [9.17, 15) is 0 Å². The number of rotatable bonds is 6. The largest absolute Gasteiger partial charge is 0.450 e. The van der Waals surface area contributed by atoms with Gasteiger partial charge in [0.2, 0.25) is 0 Å². The zero-order valence-corrected chi connectivity index (χ0v) is 10.9. The molecule has 1 rings (SSSR count). The molecule has 0 saturated heterocycles. The Hall–Kier alpha value is -0.540. The van der Waals surface area contributed by atoms with E-state index in [0.717, 1.165) is 29.9 Å². The molecule has 0 unspecified atom stereocenters. The quantitative estimate of drug-likeness (QED) is 0.796. The van der Waals surface area contributed by atoms with E-state index in [2.05, 4.69) is 41.2 Å². The first-order chi connectivity index (χ1) is 7.26. The predicted octanol–water partition coefficient (Wildman–Crippen LogP) is 3.84. The van der Waals surface area contributed by atoms with Crippen LogP contribution in [0, 0.1) is 0 Å². The molecule has 0 atom stereocenters. The summed E-state index contributed by atoms with van der Waals surface area (Å²) in [6.45, 7) is 6.35. The van der Waals surface area contributed by atoms with Gasteiger partial charge in [0.1, 0.15) is 5.76 Å². The molecular weight excluding hydrogens is 254 g/mol. The van der Waals surface area contributed by atoms with Crippen molar-refractivity contribution in [1.82, 2.24) is 5.32 Å². The highest BCUT2D eigenvalue weighted by molar-refractivity contribution is 9.10. The van der Waals surface area contributed by atoms with Crippen molar-refractivity contribution in [1.29, 1.82) is 0 Å². The van der Waals surface area contributed by atoms with Gasteiger partial charge >= 0.3 is 0 Å². The maximum absolute atomic E-state index is 5.43. The summed E-state index contributed by atoms with van der Waals surface area (Å²) in [7, 11) is 0. The molecule has 0 spiro atoms. The van der Waals surface area contributed by atoms with E-state index in [1.807, 2.05) is 12.1 Å². The highest BCUT2D eigenvalue weighted by atomic mass is 79.9. The lowest BCUT2D eigenvalue weighted by molar-refractivity contribution is 0.530. The van der Waals surface area contributed by atoms with Crippen molar-refractivity contribution in [3.05, 3.63) is 28.1 Å². The van der Waals surface area contributed by atoms with Crippen LogP contribution in [-0.4, -0.2) is 13.1 Å². The zero-order valence-electron chi connectivity index (χ0n) is 9.35. The van der Waals surface area contributed by atoms with Crippen LogP contribution in [0.25, 0.3) is 6.08 Å². The number of hydrogen-bond donors (Lipinski definition) is 1. The summed E-state index contributed by atoms with van der Waals surface area (Å²) in [5.74, 6) is 0.914. The molecule has 0 aliphatic heterocycles. The minimum atomic E-state index is 0.783. The number of hydrogen-bond acceptors (Lipinski definition) is 2. The Kier molecular flexibility index (Phi) is 5.73. The summed E-state index contributed by atoms with van der Waals surface area (Å²) in [6, 6.07) is 3.89. The van der Waals surface area contributed by atoms with Crippen molar-refractivity contribution >= 4 is 22.0 Å². The molecule has 15 heavy (non-hydrogen) atoms. The van der Waals surface area contributed by atoms with Gasteiger partial charge in [-0.25, -0.2) is 0 Å². The normalized spacial score (nSPS) is 12.1. The van der Waals surface area contributed by atoms with Gasteiger partial charge in [-0.15, -0.1) is 0 Å². The van der Waals surface area contributed by atoms with Crippen LogP contribution in [0.1, 0.15) is 32.4 Å². The predicted molar refractivity (Wildman–Crippen MR) is 67.8 cm³/mol. The summed E-state index contributed by atoms with van der Waals surface area (Å²) < 4.78 is 6.22. The molecule has 1 aromatic rings. The van der Waals surface area contributed by atoms with Gasteiger partial charge < -0.3 is 9.73 Å². The average molecular weight is 272 g/mol. The molecule has 84 valence electrons. The summed E-state index contributed by atoms with van der Waals surface area (Å²) in [6.07, 6.45) is 4.33. The van der Waals surface area contributed by atoms with E-state index >= 15 is 0 Å². The van der Waals surface area contributed by atoms with E-state index in [-0.39, 0.29) is 0 Å². The van der Waals surface area contributed by atoms with Crippen molar-refractivity contribution in [2.75, 3.05) is 13.1 Å². The molecule has 2 nitrogen and oxygen atoms in total. The first-order valence-corrected chi connectivity index (χ1v) is 6.21. The number of nitrogens with one attached hydrogen (secondary N) is 1. The molecule has 0 radical (unpaired) electrons. The lowest BCUT2D eigenvalue weighted by Gasteiger charge is -2.05. The standard InChI is InChI=1S/C12H18BrNO/c1-3-7-14-9-10(4-2)8-11-5-6-12(13)15-11/h5-6,8,14H,3-4,7,9H2,1-2H3. The molecule has 0 saturated carbocycles. The minimum absolute atomic E-state index is 0.783. The van der Waals surface area contributed by atoms with Crippen molar-refractivity contribution < 1.29 is 4.42 Å². The topological polar surface area (TPSA) is 25.2 Å². The Labute approximate surface area is 99.9 Å². The molecular formula is C12H18BrNO. The summed E-state index contributed by atoms with van der Waals surface area (Å²) in [5, 5.41) is 3.39. The molecule has 0 bridgehead atoms. The van der Waals surface area contributed by atoms with Crippen molar-refractivity contribution in [3.8, 4) is 0 Å². The Morgan fingerprint density at radius 1 is 1.47 bits per heavy atom. The van der Waals surface area contributed by atoms with Crippen molar-refractivity contribution in [3.63, 3.8) is 0 Å². The fraction of sp³-hybridized carbons (Fsp3) is 0.500. The molecule has 0 aliphatic carbocycles. The first kappa shape index (κ1) is 12.5. The van der Waals surface area contributed by atoms with Crippen LogP contribution < -0.4 is 5.32 Å². The Balaban J connectivity index is 2.53. The molecule has 0 aromatic carbocycles. The van der Waals surface area contributed by atoms with Crippen molar-refractivity contribution in [2.24, 2.45) is 0 Å². The van der Waals surface area contributed by atoms with E-state index in [1.54, 1.807) is 0 Å². The van der Waals surface area contributed by atoms with E-state index in [4.69, 9.17) is 4.42 Å². The highest BCUT2D eigenvalue weighted by Gasteiger charge is 1.98. The van der Waals surface area contributed by atoms with Crippen LogP contribution >= 0.6 is 15.9 Å². The van der Waals surface area contributed by atoms with Gasteiger partial charge in [0.25, 0.3) is 0 Å². The smallest absolute Gasteiger partial charge is 0.169 e. The van der Waals surface area contributed by atoms with Gasteiger partial charge in [0.15, 0.2) is 4.67 Å². The average Bonchev–Trinajstić information content (AvgIpc) is 2.63. The SMILES string of the molecule is CCCNCC(=Cc1ccc(Br)o1)CC. The molecule has 1 heterocycles. The lowest BCUT2D eigenvalue weighted by atomic mass is 10.1. The molecule has 0 fully saturated rings. The Morgan fingerprint density at radius 2 is 2.27 bits per heavy atom. The van der Waals surface area contributed by atoms with Gasteiger partial charge in [-0.1, -0.05) is 19.4 Å². The third-order valence-electron chi connectivity index (χ3n) is 2.17. The van der Waals surface area contributed by atoms with Crippen LogP contribution in [0.15, 0.2) is 26.8 Å². The van der Waals surface area contributed by atoms with Gasteiger partial charge in [-0.05, 0) is 53.5 Å². The molecule has 3 heteroatoms. The Bertz CT molecular complexity index is 317. The lowest BCUT2D eigenvalue weighted by Crippen LogP contribution is -2.17. The van der Waals surface area contributed by atoms with E-state index < -0.39 is 0 Å².